The molecule has 1 aliphatic rings. The van der Waals surface area contributed by atoms with E-state index in [2.05, 4.69) is 15.5 Å². The standard InChI is InChI=1S/C20H20FN5O4S2/c1-30-17-8-2-14(3-9-17)18(27)22-19-23-24-20(31-19)32(28,29)26-12-10-25(11-13-26)16-6-4-15(21)5-7-16/h2-9H,10-13H2,1H3,(H,22,23,27). The quantitative estimate of drug-likeness (QED) is 0.544. The molecule has 9 nitrogen and oxygen atoms in total. The van der Waals surface area contributed by atoms with Gasteiger partial charge in [-0.1, -0.05) is 11.3 Å². The van der Waals surface area contributed by atoms with Crippen LogP contribution < -0.4 is 15.0 Å². The average molecular weight is 478 g/mol. The predicted molar refractivity (Wildman–Crippen MR) is 118 cm³/mol. The summed E-state index contributed by atoms with van der Waals surface area (Å²) in [6.07, 6.45) is 0. The molecule has 1 amide bonds. The van der Waals surface area contributed by atoms with Gasteiger partial charge < -0.3 is 9.64 Å². The second-order valence-corrected chi connectivity index (χ2v) is 10.0. The van der Waals surface area contributed by atoms with Gasteiger partial charge in [-0.2, -0.15) is 4.31 Å². The molecule has 0 saturated carbocycles. The number of carbonyl (C=O) groups excluding carboxylic acids is 1. The number of hydrogen-bond acceptors (Lipinski definition) is 8. The maximum Gasteiger partial charge on any atom is 0.272 e. The van der Waals surface area contributed by atoms with Crippen LogP contribution in [-0.2, 0) is 10.0 Å². The van der Waals surface area contributed by atoms with Crippen molar-refractivity contribution in [3.63, 3.8) is 0 Å². The summed E-state index contributed by atoms with van der Waals surface area (Å²) < 4.78 is 45.2. The van der Waals surface area contributed by atoms with E-state index in [0.717, 1.165) is 17.0 Å². The van der Waals surface area contributed by atoms with Crippen LogP contribution in [0.15, 0.2) is 52.9 Å². The summed E-state index contributed by atoms with van der Waals surface area (Å²) in [5.41, 5.74) is 1.21. The van der Waals surface area contributed by atoms with Crippen molar-refractivity contribution in [2.75, 3.05) is 43.5 Å². The van der Waals surface area contributed by atoms with E-state index in [0.29, 0.717) is 24.4 Å². The Hall–Kier alpha value is -3.09. The highest BCUT2D eigenvalue weighted by Gasteiger charge is 2.32. The van der Waals surface area contributed by atoms with Gasteiger partial charge in [-0.25, -0.2) is 12.8 Å². The predicted octanol–water partition coefficient (Wildman–Crippen LogP) is 2.45. The minimum absolute atomic E-state index is 0.0920. The van der Waals surface area contributed by atoms with Crippen LogP contribution in [-0.4, -0.2) is 62.1 Å². The van der Waals surface area contributed by atoms with Crippen LogP contribution in [0.2, 0.25) is 0 Å². The lowest BCUT2D eigenvalue weighted by molar-refractivity contribution is 0.102. The zero-order valence-electron chi connectivity index (χ0n) is 17.1. The lowest BCUT2D eigenvalue weighted by Crippen LogP contribution is -2.48. The van der Waals surface area contributed by atoms with Gasteiger partial charge in [0.2, 0.25) is 9.47 Å². The number of anilines is 2. The number of carbonyl (C=O) groups is 1. The molecular weight excluding hydrogens is 457 g/mol. The lowest BCUT2D eigenvalue weighted by atomic mass is 10.2. The third kappa shape index (κ3) is 4.71. The molecule has 4 rings (SSSR count). The van der Waals surface area contributed by atoms with Crippen LogP contribution in [0.4, 0.5) is 15.2 Å². The zero-order valence-corrected chi connectivity index (χ0v) is 18.7. The van der Waals surface area contributed by atoms with Gasteiger partial charge in [0.1, 0.15) is 11.6 Å². The fourth-order valence-electron chi connectivity index (χ4n) is 3.23. The van der Waals surface area contributed by atoms with E-state index in [1.807, 2.05) is 4.90 Å². The van der Waals surface area contributed by atoms with Gasteiger partial charge in [-0.05, 0) is 48.5 Å². The minimum Gasteiger partial charge on any atom is -0.497 e. The number of ether oxygens (including phenoxy) is 1. The molecule has 2 heterocycles. The summed E-state index contributed by atoms with van der Waals surface area (Å²) in [7, 11) is -2.31. The molecule has 168 valence electrons. The van der Waals surface area contributed by atoms with E-state index >= 15 is 0 Å². The number of piperazine rings is 1. The second-order valence-electron chi connectivity index (χ2n) is 6.92. The summed E-state index contributed by atoms with van der Waals surface area (Å²) >= 11 is 0.799. The number of hydrogen-bond donors (Lipinski definition) is 1. The Kier molecular flexibility index (Phi) is 6.35. The molecule has 1 saturated heterocycles. The number of benzene rings is 2. The van der Waals surface area contributed by atoms with Gasteiger partial charge in [-0.15, -0.1) is 10.2 Å². The van der Waals surface area contributed by atoms with E-state index in [-0.39, 0.29) is 28.4 Å². The summed E-state index contributed by atoms with van der Waals surface area (Å²) in [6.45, 7) is 1.44. The van der Waals surface area contributed by atoms with Gasteiger partial charge in [0, 0.05) is 37.4 Å². The topological polar surface area (TPSA) is 105 Å². The first kappa shape index (κ1) is 22.1. The maximum atomic E-state index is 13.1. The fourth-order valence-corrected chi connectivity index (χ4v) is 5.68. The van der Waals surface area contributed by atoms with E-state index in [4.69, 9.17) is 4.74 Å². The molecule has 32 heavy (non-hydrogen) atoms. The van der Waals surface area contributed by atoms with Crippen molar-refractivity contribution >= 4 is 38.1 Å². The molecule has 3 aromatic rings. The van der Waals surface area contributed by atoms with Crippen LogP contribution >= 0.6 is 11.3 Å². The smallest absolute Gasteiger partial charge is 0.272 e. The number of halogens is 1. The highest BCUT2D eigenvalue weighted by molar-refractivity contribution is 7.91. The van der Waals surface area contributed by atoms with Crippen LogP contribution in [0.25, 0.3) is 0 Å². The van der Waals surface area contributed by atoms with Gasteiger partial charge in [0.15, 0.2) is 0 Å². The Morgan fingerprint density at radius 2 is 1.69 bits per heavy atom. The van der Waals surface area contributed by atoms with Crippen molar-refractivity contribution in [3.8, 4) is 5.75 Å². The monoisotopic (exact) mass is 477 g/mol. The third-order valence-corrected chi connectivity index (χ3v) is 8.05. The van der Waals surface area contributed by atoms with Crippen LogP contribution in [0, 0.1) is 5.82 Å². The Morgan fingerprint density at radius 3 is 2.31 bits per heavy atom. The van der Waals surface area contributed by atoms with Gasteiger partial charge >= 0.3 is 0 Å². The number of aromatic nitrogens is 2. The molecule has 1 N–H and O–H groups in total. The summed E-state index contributed by atoms with van der Waals surface area (Å²) in [6, 6.07) is 12.6. The second kappa shape index (κ2) is 9.18. The molecule has 2 aromatic carbocycles. The highest BCUT2D eigenvalue weighted by atomic mass is 32.2. The maximum absolute atomic E-state index is 13.1. The number of amides is 1. The van der Waals surface area contributed by atoms with E-state index < -0.39 is 15.9 Å². The van der Waals surface area contributed by atoms with E-state index in [9.17, 15) is 17.6 Å². The Labute approximate surface area is 188 Å². The summed E-state index contributed by atoms with van der Waals surface area (Å²) in [4.78, 5) is 14.4. The number of sulfonamides is 1. The average Bonchev–Trinajstić information content (AvgIpc) is 3.29. The molecule has 0 radical (unpaired) electrons. The van der Waals surface area contributed by atoms with Crippen LogP contribution in [0.5, 0.6) is 5.75 Å². The molecule has 0 atom stereocenters. The Bertz CT molecular complexity index is 1190. The van der Waals surface area contributed by atoms with Crippen molar-refractivity contribution in [2.24, 2.45) is 0 Å². The normalized spacial score (nSPS) is 14.9. The van der Waals surface area contributed by atoms with Crippen molar-refractivity contribution in [3.05, 3.63) is 59.9 Å². The van der Waals surface area contributed by atoms with Crippen molar-refractivity contribution < 1.29 is 22.3 Å². The molecule has 1 aliphatic heterocycles. The summed E-state index contributed by atoms with van der Waals surface area (Å²) in [5, 5.41) is 10.2. The highest BCUT2D eigenvalue weighted by Crippen LogP contribution is 2.26. The third-order valence-electron chi connectivity index (χ3n) is 4.97. The Morgan fingerprint density at radius 1 is 1.03 bits per heavy atom. The summed E-state index contributed by atoms with van der Waals surface area (Å²) in [5.74, 6) is -0.132. The first-order valence-corrected chi connectivity index (χ1v) is 11.9. The molecule has 0 spiro atoms. The van der Waals surface area contributed by atoms with Crippen LogP contribution in [0.1, 0.15) is 10.4 Å². The first-order valence-electron chi connectivity index (χ1n) is 9.66. The number of nitrogens with zero attached hydrogens (tertiary/aromatic N) is 4. The number of nitrogens with one attached hydrogen (secondary N) is 1. The SMILES string of the molecule is COc1ccc(C(=O)Nc2nnc(S(=O)(=O)N3CCN(c4ccc(F)cc4)CC3)s2)cc1. The van der Waals surface area contributed by atoms with Crippen molar-refractivity contribution in [1.29, 1.82) is 0 Å². The zero-order chi connectivity index (χ0) is 22.7. The largest absolute Gasteiger partial charge is 0.497 e. The minimum atomic E-state index is -3.84. The molecular formula is C20H20FN5O4S2. The lowest BCUT2D eigenvalue weighted by Gasteiger charge is -2.34. The number of methoxy groups -OCH3 is 1. The molecule has 1 aromatic heterocycles. The van der Waals surface area contributed by atoms with Gasteiger partial charge in [0.05, 0.1) is 7.11 Å². The van der Waals surface area contributed by atoms with Crippen LogP contribution in [0.3, 0.4) is 0 Å². The molecule has 1 fully saturated rings. The molecule has 0 bridgehead atoms. The van der Waals surface area contributed by atoms with Crippen molar-refractivity contribution in [2.45, 2.75) is 4.34 Å². The molecule has 0 unspecified atom stereocenters. The van der Waals surface area contributed by atoms with Gasteiger partial charge in [-0.3, -0.25) is 10.1 Å². The van der Waals surface area contributed by atoms with E-state index in [1.165, 1.54) is 23.5 Å². The molecule has 0 aliphatic carbocycles. The van der Waals surface area contributed by atoms with Gasteiger partial charge in [0.25, 0.3) is 15.9 Å². The van der Waals surface area contributed by atoms with E-state index in [1.54, 1.807) is 36.4 Å². The Balaban J connectivity index is 1.39. The fraction of sp³-hybridized carbons (Fsp3) is 0.250. The number of rotatable bonds is 6. The first-order chi connectivity index (χ1) is 15.4. The van der Waals surface area contributed by atoms with Crippen molar-refractivity contribution in [1.82, 2.24) is 14.5 Å². The molecule has 12 heteroatoms.